The van der Waals surface area contributed by atoms with Crippen LogP contribution in [0.2, 0.25) is 0 Å². The van der Waals surface area contributed by atoms with E-state index >= 15 is 0 Å². The zero-order valence-electron chi connectivity index (χ0n) is 17.2. The number of hydrogen-bond donors (Lipinski definition) is 2. The van der Waals surface area contributed by atoms with Crippen molar-refractivity contribution in [2.24, 2.45) is 5.92 Å². The first-order valence-corrected chi connectivity index (χ1v) is 9.08. The molecule has 2 heterocycles. The summed E-state index contributed by atoms with van der Waals surface area (Å²) in [5.74, 6) is 0.389. The quantitative estimate of drug-likeness (QED) is 0.658. The van der Waals surface area contributed by atoms with Gasteiger partial charge in [0.15, 0.2) is 6.61 Å². The molecule has 0 aromatic carbocycles. The third-order valence-corrected chi connectivity index (χ3v) is 3.46. The fourth-order valence-corrected chi connectivity index (χ4v) is 2.01. The lowest BCUT2D eigenvalue weighted by Crippen LogP contribution is -2.23. The van der Waals surface area contributed by atoms with Gasteiger partial charge >= 0.3 is 6.18 Å². The van der Waals surface area contributed by atoms with E-state index < -0.39 is 12.8 Å². The van der Waals surface area contributed by atoms with Gasteiger partial charge in [-0.05, 0) is 30.7 Å². The molecule has 0 saturated heterocycles. The maximum absolute atomic E-state index is 12.2. The highest BCUT2D eigenvalue weighted by atomic mass is 19.4. The number of aldehydes is 1. The number of ether oxygens (including phenoxy) is 1. The first-order chi connectivity index (χ1) is 14.1. The second-order valence-corrected chi connectivity index (χ2v) is 6.61. The molecule has 10 heteroatoms. The molecule has 0 bridgehead atoms. The van der Waals surface area contributed by atoms with Gasteiger partial charge in [0.1, 0.15) is 12.1 Å². The Labute approximate surface area is 173 Å². The molecule has 0 aliphatic carbocycles. The summed E-state index contributed by atoms with van der Waals surface area (Å²) >= 11 is 0. The fourth-order valence-electron chi connectivity index (χ4n) is 2.01. The van der Waals surface area contributed by atoms with Crippen molar-refractivity contribution in [3.8, 4) is 5.88 Å². The second kappa shape index (κ2) is 11.7. The number of hydrogen-bond acceptors (Lipinski definition) is 6. The number of anilines is 1. The maximum atomic E-state index is 12.2. The van der Waals surface area contributed by atoms with Gasteiger partial charge in [-0.3, -0.25) is 4.79 Å². The molecule has 2 aromatic heterocycles. The number of pyridine rings is 2. The molecule has 0 aliphatic rings. The Hall–Kier alpha value is -3.17. The monoisotopic (exact) mass is 426 g/mol. The molecule has 2 N–H and O–H groups in total. The van der Waals surface area contributed by atoms with Crippen molar-refractivity contribution in [3.05, 3.63) is 47.3 Å². The van der Waals surface area contributed by atoms with Crippen molar-refractivity contribution in [1.29, 1.82) is 0 Å². The number of halogens is 3. The summed E-state index contributed by atoms with van der Waals surface area (Å²) in [6, 6.07) is 4.80. The second-order valence-electron chi connectivity index (χ2n) is 6.61. The average Bonchev–Trinajstić information content (AvgIpc) is 2.71. The van der Waals surface area contributed by atoms with Crippen molar-refractivity contribution >= 4 is 18.0 Å². The molecule has 2 rings (SSSR count). The normalized spacial score (nSPS) is 10.7. The Balaban J connectivity index is 0.000000804. The number of amides is 1. The number of carbonyl (C=O) groups excluding carboxylic acids is 2. The van der Waals surface area contributed by atoms with Crippen LogP contribution in [0.3, 0.4) is 0 Å². The van der Waals surface area contributed by atoms with Crippen LogP contribution in [0.25, 0.3) is 0 Å². The minimum Gasteiger partial charge on any atom is -0.468 e. The molecular weight excluding hydrogens is 401 g/mol. The van der Waals surface area contributed by atoms with E-state index in [0.717, 1.165) is 6.29 Å². The molecule has 1 amide bonds. The van der Waals surface area contributed by atoms with Gasteiger partial charge in [0, 0.05) is 43.0 Å². The van der Waals surface area contributed by atoms with Crippen LogP contribution in [-0.4, -0.2) is 42.0 Å². The van der Waals surface area contributed by atoms with E-state index in [2.05, 4.69) is 25.3 Å². The molecule has 0 fully saturated rings. The molecule has 0 radical (unpaired) electrons. The van der Waals surface area contributed by atoms with Gasteiger partial charge in [-0.1, -0.05) is 13.8 Å². The lowest BCUT2D eigenvalue weighted by Gasteiger charge is -2.12. The highest BCUT2D eigenvalue weighted by Gasteiger charge is 2.28. The van der Waals surface area contributed by atoms with Crippen LogP contribution in [0, 0.1) is 12.8 Å². The van der Waals surface area contributed by atoms with Crippen molar-refractivity contribution in [1.82, 2.24) is 15.3 Å². The number of aryl methyl sites for hydroxylation is 1. The number of rotatable bonds is 7. The topological polar surface area (TPSA) is 93.2 Å². The Bertz CT molecular complexity index is 842. The first kappa shape index (κ1) is 24.9. The van der Waals surface area contributed by atoms with Gasteiger partial charge in [-0.2, -0.15) is 13.2 Å². The van der Waals surface area contributed by atoms with Crippen LogP contribution in [0.1, 0.15) is 35.3 Å². The summed E-state index contributed by atoms with van der Waals surface area (Å²) in [6.07, 6.45) is -0.624. The zero-order valence-corrected chi connectivity index (χ0v) is 17.2. The molecule has 2 aromatic rings. The number of aromatic nitrogens is 2. The summed E-state index contributed by atoms with van der Waals surface area (Å²) in [5.41, 5.74) is 1.54. The molecule has 0 saturated carbocycles. The number of nitrogens with zero attached hydrogens (tertiary/aromatic N) is 2. The third-order valence-electron chi connectivity index (χ3n) is 3.46. The minimum atomic E-state index is -4.42. The largest absolute Gasteiger partial charge is 0.468 e. The van der Waals surface area contributed by atoms with E-state index in [1.807, 2.05) is 13.8 Å². The van der Waals surface area contributed by atoms with E-state index in [1.54, 1.807) is 32.2 Å². The Kier molecular flexibility index (Phi) is 9.73. The van der Waals surface area contributed by atoms with Crippen LogP contribution >= 0.6 is 0 Å². The van der Waals surface area contributed by atoms with E-state index in [9.17, 15) is 22.8 Å². The van der Waals surface area contributed by atoms with Crippen LogP contribution < -0.4 is 15.4 Å². The lowest BCUT2D eigenvalue weighted by molar-refractivity contribution is -0.154. The summed E-state index contributed by atoms with van der Waals surface area (Å²) in [6.45, 7) is 4.09. The van der Waals surface area contributed by atoms with E-state index in [-0.39, 0.29) is 24.2 Å². The maximum Gasteiger partial charge on any atom is 0.422 e. The minimum absolute atomic E-state index is 0.0832. The standard InChI is InChI=1S/C16H17F3N4O2.C4H8O/c1-10-5-11(8-23-15(10)25-9-16(17,18)19)7-22-14(24)12-3-4-21-13(6-12)20-2;1-4(2)3-5/h3-6,8H,7,9H2,1-2H3,(H,20,21)(H,22,24);3-4H,1-2H3. The van der Waals surface area contributed by atoms with E-state index in [4.69, 9.17) is 0 Å². The zero-order chi connectivity index (χ0) is 22.7. The smallest absolute Gasteiger partial charge is 0.422 e. The van der Waals surface area contributed by atoms with Gasteiger partial charge in [0.05, 0.1) is 0 Å². The highest BCUT2D eigenvalue weighted by Crippen LogP contribution is 2.20. The van der Waals surface area contributed by atoms with Crippen LogP contribution in [0.5, 0.6) is 5.88 Å². The van der Waals surface area contributed by atoms with Gasteiger partial charge < -0.3 is 20.2 Å². The molecule has 164 valence electrons. The lowest BCUT2D eigenvalue weighted by atomic mass is 10.2. The molecule has 30 heavy (non-hydrogen) atoms. The summed E-state index contributed by atoms with van der Waals surface area (Å²) in [4.78, 5) is 29.5. The molecular formula is C20H25F3N4O3. The van der Waals surface area contributed by atoms with Crippen LogP contribution in [0.15, 0.2) is 30.6 Å². The number of carbonyl (C=O) groups is 2. The SMILES string of the molecule is CC(C)C=O.CNc1cc(C(=O)NCc2cnc(OCC(F)(F)F)c(C)c2)ccn1. The van der Waals surface area contributed by atoms with Gasteiger partial charge in [-0.25, -0.2) is 9.97 Å². The molecule has 0 spiro atoms. The van der Waals surface area contributed by atoms with E-state index in [0.29, 0.717) is 22.5 Å². The predicted molar refractivity (Wildman–Crippen MR) is 106 cm³/mol. The van der Waals surface area contributed by atoms with Crippen molar-refractivity contribution in [2.75, 3.05) is 19.0 Å². The van der Waals surface area contributed by atoms with Gasteiger partial charge in [0.25, 0.3) is 5.91 Å². The van der Waals surface area contributed by atoms with Gasteiger partial charge in [0.2, 0.25) is 5.88 Å². The van der Waals surface area contributed by atoms with Crippen molar-refractivity contribution < 1.29 is 27.5 Å². The van der Waals surface area contributed by atoms with Gasteiger partial charge in [-0.15, -0.1) is 0 Å². The Morgan fingerprint density at radius 3 is 2.47 bits per heavy atom. The predicted octanol–water partition coefficient (Wildman–Crippen LogP) is 3.54. The molecule has 7 nitrogen and oxygen atoms in total. The first-order valence-electron chi connectivity index (χ1n) is 9.08. The summed E-state index contributed by atoms with van der Waals surface area (Å²) < 4.78 is 41.1. The number of nitrogens with one attached hydrogen (secondary N) is 2. The highest BCUT2D eigenvalue weighted by molar-refractivity contribution is 5.94. The summed E-state index contributed by atoms with van der Waals surface area (Å²) in [5, 5.41) is 5.55. The Morgan fingerprint density at radius 1 is 1.27 bits per heavy atom. The van der Waals surface area contributed by atoms with E-state index in [1.165, 1.54) is 12.4 Å². The van der Waals surface area contributed by atoms with Crippen LogP contribution in [0.4, 0.5) is 19.0 Å². The summed E-state index contributed by atoms with van der Waals surface area (Å²) in [7, 11) is 1.70. The molecule has 0 aliphatic heterocycles. The van der Waals surface area contributed by atoms with Crippen molar-refractivity contribution in [2.45, 2.75) is 33.5 Å². The Morgan fingerprint density at radius 2 is 1.93 bits per heavy atom. The fraction of sp³-hybridized carbons (Fsp3) is 0.400. The van der Waals surface area contributed by atoms with Crippen LogP contribution in [-0.2, 0) is 11.3 Å². The third kappa shape index (κ3) is 9.35. The molecule has 0 unspecified atom stereocenters. The average molecular weight is 426 g/mol. The van der Waals surface area contributed by atoms with Crippen molar-refractivity contribution in [3.63, 3.8) is 0 Å². The molecule has 0 atom stereocenters. The number of alkyl halides is 3.